The molecule has 12 heteroatoms. The first-order valence-corrected chi connectivity index (χ1v) is 29.7. The van der Waals surface area contributed by atoms with Gasteiger partial charge in [-0.15, -0.1) is 0 Å². The van der Waals surface area contributed by atoms with Crippen molar-refractivity contribution in [2.24, 2.45) is 0 Å². The predicted octanol–water partition coefficient (Wildman–Crippen LogP) is 16.4. The van der Waals surface area contributed by atoms with Gasteiger partial charge in [0.1, 0.15) is 12.7 Å². The molecule has 0 aromatic carbocycles. The summed E-state index contributed by atoms with van der Waals surface area (Å²) in [7, 11) is -4.75. The van der Waals surface area contributed by atoms with Gasteiger partial charge in [0.25, 0.3) is 0 Å². The van der Waals surface area contributed by atoms with Gasteiger partial charge in [-0.05, 0) is 83.5 Å². The van der Waals surface area contributed by atoms with Crippen LogP contribution in [0.4, 0.5) is 0 Å². The van der Waals surface area contributed by atoms with E-state index in [1.54, 1.807) is 0 Å². The predicted molar refractivity (Wildman–Crippen MR) is 288 cm³/mol. The molecule has 0 saturated carbocycles. The van der Waals surface area contributed by atoms with E-state index < -0.39 is 57.8 Å². The number of unbranched alkanes of at least 4 members (excludes halogenated alkanes) is 25. The van der Waals surface area contributed by atoms with Crippen molar-refractivity contribution >= 4 is 25.7 Å². The Balaban J connectivity index is 4.74. The largest absolute Gasteiger partial charge is 0.472 e. The summed E-state index contributed by atoms with van der Waals surface area (Å²) in [5.41, 5.74) is 0. The molecule has 3 atom stereocenters. The summed E-state index contributed by atoms with van der Waals surface area (Å²) in [6, 6.07) is 0. The highest BCUT2D eigenvalue weighted by atomic mass is 31.2. The van der Waals surface area contributed by atoms with E-state index in [0.717, 1.165) is 103 Å². The van der Waals surface area contributed by atoms with Crippen LogP contribution in [0.1, 0.15) is 252 Å². The van der Waals surface area contributed by atoms with E-state index in [1.165, 1.54) is 89.9 Å². The first kappa shape index (κ1) is 67.2. The topological polar surface area (TPSA) is 155 Å². The molecule has 11 nitrogen and oxygen atoms in total. The smallest absolute Gasteiger partial charge is 0.462 e. The van der Waals surface area contributed by atoms with Gasteiger partial charge < -0.3 is 24.2 Å². The maximum absolute atomic E-state index is 12.9. The van der Waals surface area contributed by atoms with E-state index in [-0.39, 0.29) is 25.9 Å². The summed E-state index contributed by atoms with van der Waals surface area (Å²) in [5.74, 6) is -1.51. The van der Waals surface area contributed by atoms with Gasteiger partial charge in [0.2, 0.25) is 0 Å². The molecule has 0 aliphatic heterocycles. The summed E-state index contributed by atoms with van der Waals surface area (Å²) in [6.45, 7) is 4.47. The number of aliphatic hydroxyl groups excluding tert-OH is 1. The average Bonchev–Trinajstić information content (AvgIpc) is 3.35. The van der Waals surface area contributed by atoms with Crippen molar-refractivity contribution in [3.05, 3.63) is 60.8 Å². The van der Waals surface area contributed by atoms with Crippen molar-refractivity contribution in [1.29, 1.82) is 0 Å². The number of allylic oxidation sites excluding steroid dienone is 10. The normalized spacial score (nSPS) is 13.8. The van der Waals surface area contributed by atoms with Crippen LogP contribution in [0.3, 0.4) is 0 Å². The molecule has 0 bridgehead atoms. The third-order valence-electron chi connectivity index (χ3n) is 11.9. The van der Waals surface area contributed by atoms with Crippen LogP contribution >= 0.6 is 7.82 Å². The average molecular weight is 1010 g/mol. The molecule has 0 aromatic heterocycles. The van der Waals surface area contributed by atoms with E-state index in [9.17, 15) is 28.9 Å². The van der Waals surface area contributed by atoms with E-state index in [1.807, 2.05) is 0 Å². The minimum absolute atomic E-state index is 0.145. The summed E-state index contributed by atoms with van der Waals surface area (Å²) >= 11 is 0. The van der Waals surface area contributed by atoms with Gasteiger partial charge in [-0.3, -0.25) is 23.4 Å². The van der Waals surface area contributed by atoms with Crippen LogP contribution in [0.15, 0.2) is 60.8 Å². The molecular weight excluding hydrogens is 904 g/mol. The Morgan fingerprint density at radius 2 is 0.743 bits per heavy atom. The van der Waals surface area contributed by atoms with Crippen LogP contribution in [0.2, 0.25) is 0 Å². The molecule has 0 fully saturated rings. The van der Waals surface area contributed by atoms with Crippen LogP contribution in [0, 0.1) is 0 Å². The molecule has 0 aromatic rings. The molecule has 0 spiro atoms. The Morgan fingerprint density at radius 1 is 0.414 bits per heavy atom. The fourth-order valence-corrected chi connectivity index (χ4v) is 8.42. The second-order valence-electron chi connectivity index (χ2n) is 18.7. The maximum atomic E-state index is 12.9. The third kappa shape index (κ3) is 50.1. The number of esters is 3. The Kier molecular flexibility index (Phi) is 50.4. The van der Waals surface area contributed by atoms with Gasteiger partial charge in [0.15, 0.2) is 6.10 Å². The summed E-state index contributed by atoms with van der Waals surface area (Å²) < 4.78 is 39.4. The van der Waals surface area contributed by atoms with Gasteiger partial charge >= 0.3 is 25.7 Å². The molecular formula is C58H103O11P. The Labute approximate surface area is 427 Å². The minimum Gasteiger partial charge on any atom is -0.462 e. The van der Waals surface area contributed by atoms with Crippen molar-refractivity contribution in [2.45, 2.75) is 264 Å². The van der Waals surface area contributed by atoms with Crippen molar-refractivity contribution < 1.29 is 52.2 Å². The van der Waals surface area contributed by atoms with Crippen molar-refractivity contribution in [1.82, 2.24) is 0 Å². The number of carbonyl (C=O) groups excluding carboxylic acids is 3. The highest BCUT2D eigenvalue weighted by Gasteiger charge is 2.28. The lowest BCUT2D eigenvalue weighted by Crippen LogP contribution is -2.30. The third-order valence-corrected chi connectivity index (χ3v) is 12.9. The standard InChI is InChI=1S/C58H103O11P/c1-4-7-10-13-16-19-22-25-27-30-33-36-39-42-45-48-57(61)68-54(50-59)52-66-70(63,64)67-53-55(51-65-56(60)47-44-41-38-35-32-29-24-21-18-15-12-9-6-3)69-58(62)49-46-43-40-37-34-31-28-26-23-20-17-14-11-8-5-2/h9,12,17-18,20-21,26,28-29,32,54-55,59H,4-8,10-11,13-16,19,22-25,27,30-31,33-53H2,1-3H3,(H,63,64)/b12-9-,20-17-,21-18-,28-26-,32-29-. The van der Waals surface area contributed by atoms with Crippen molar-refractivity contribution in [2.75, 3.05) is 26.4 Å². The highest BCUT2D eigenvalue weighted by Crippen LogP contribution is 2.43. The van der Waals surface area contributed by atoms with Gasteiger partial charge in [-0.25, -0.2) is 4.57 Å². The van der Waals surface area contributed by atoms with Gasteiger partial charge in [0.05, 0.1) is 19.8 Å². The van der Waals surface area contributed by atoms with Crippen LogP contribution < -0.4 is 0 Å². The van der Waals surface area contributed by atoms with Crippen LogP contribution in [-0.2, 0) is 42.2 Å². The van der Waals surface area contributed by atoms with E-state index in [2.05, 4.69) is 81.5 Å². The molecule has 70 heavy (non-hydrogen) atoms. The molecule has 0 rings (SSSR count). The number of phosphoric ester groups is 1. The fraction of sp³-hybridized carbons (Fsp3) is 0.776. The Hall–Kier alpha value is -2.82. The summed E-state index contributed by atoms with van der Waals surface area (Å²) in [4.78, 5) is 48.4. The van der Waals surface area contributed by atoms with E-state index >= 15 is 0 Å². The van der Waals surface area contributed by atoms with E-state index in [4.69, 9.17) is 23.3 Å². The first-order valence-electron chi connectivity index (χ1n) is 28.2. The number of hydrogen-bond donors (Lipinski definition) is 2. The highest BCUT2D eigenvalue weighted by molar-refractivity contribution is 7.47. The molecule has 0 amide bonds. The number of phosphoric acid groups is 1. The molecule has 0 heterocycles. The zero-order valence-corrected chi connectivity index (χ0v) is 45.6. The maximum Gasteiger partial charge on any atom is 0.472 e. The second-order valence-corrected chi connectivity index (χ2v) is 20.2. The van der Waals surface area contributed by atoms with Gasteiger partial charge in [-0.2, -0.15) is 0 Å². The monoisotopic (exact) mass is 1010 g/mol. The Morgan fingerprint density at radius 3 is 1.19 bits per heavy atom. The lowest BCUT2D eigenvalue weighted by Gasteiger charge is -2.21. The zero-order chi connectivity index (χ0) is 51.3. The first-order chi connectivity index (χ1) is 34.2. The van der Waals surface area contributed by atoms with Crippen LogP contribution in [0.5, 0.6) is 0 Å². The molecule has 0 saturated heterocycles. The minimum atomic E-state index is -4.75. The molecule has 2 N–H and O–H groups in total. The molecule has 0 aliphatic carbocycles. The molecule has 0 radical (unpaired) electrons. The van der Waals surface area contributed by atoms with Crippen molar-refractivity contribution in [3.8, 4) is 0 Å². The molecule has 3 unspecified atom stereocenters. The van der Waals surface area contributed by atoms with E-state index in [0.29, 0.717) is 19.3 Å². The second kappa shape index (κ2) is 52.5. The SMILES string of the molecule is CC/C=C\C/C=C\C/C=C\CCCCCC(=O)OCC(COP(=O)(O)OCC(CO)OC(=O)CCCCCCCCCCCCCCCCC)OC(=O)CCCCCCC/C=C\C/C=C\CCCCC. The summed E-state index contributed by atoms with van der Waals surface area (Å²) in [5, 5.41) is 9.80. The van der Waals surface area contributed by atoms with Crippen molar-refractivity contribution in [3.63, 3.8) is 0 Å². The van der Waals surface area contributed by atoms with Gasteiger partial charge in [0, 0.05) is 19.3 Å². The lowest BCUT2D eigenvalue weighted by atomic mass is 10.0. The lowest BCUT2D eigenvalue weighted by molar-refractivity contribution is -0.161. The number of carbonyl (C=O) groups is 3. The quantitative estimate of drug-likeness (QED) is 0.0197. The number of aliphatic hydroxyl groups is 1. The zero-order valence-electron chi connectivity index (χ0n) is 44.7. The Bertz CT molecular complexity index is 1410. The van der Waals surface area contributed by atoms with Crippen LogP contribution in [-0.4, -0.2) is 66.5 Å². The molecule has 0 aliphatic rings. The summed E-state index contributed by atoms with van der Waals surface area (Å²) in [6.07, 6.45) is 56.1. The number of hydrogen-bond acceptors (Lipinski definition) is 10. The molecule has 406 valence electrons. The van der Waals surface area contributed by atoms with Gasteiger partial charge in [-0.1, -0.05) is 210 Å². The van der Waals surface area contributed by atoms with Crippen LogP contribution in [0.25, 0.3) is 0 Å². The number of rotatable bonds is 52. The number of ether oxygens (including phenoxy) is 3. The fourth-order valence-electron chi connectivity index (χ4n) is 7.64.